The van der Waals surface area contributed by atoms with Crippen LogP contribution in [-0.2, 0) is 19.0 Å². The van der Waals surface area contributed by atoms with Crippen molar-refractivity contribution in [3.05, 3.63) is 11.6 Å². The molecule has 2 fully saturated rings. The summed E-state index contributed by atoms with van der Waals surface area (Å²) in [6, 6.07) is 0. The van der Waals surface area contributed by atoms with Gasteiger partial charge in [0.25, 0.3) is 0 Å². The van der Waals surface area contributed by atoms with Crippen molar-refractivity contribution in [3.8, 4) is 0 Å². The molecule has 0 aromatic carbocycles. The summed E-state index contributed by atoms with van der Waals surface area (Å²) in [5, 5.41) is 32.1. The highest BCUT2D eigenvalue weighted by Gasteiger charge is 2.36. The second kappa shape index (κ2) is 21.7. The van der Waals surface area contributed by atoms with E-state index in [9.17, 15) is 20.1 Å². The fraction of sp³-hybridized carbons (Fsp3) is 0.919. The minimum absolute atomic E-state index is 0.0617. The fourth-order valence-electron chi connectivity index (χ4n) is 7.26. The second-order valence-electron chi connectivity index (χ2n) is 14.0. The zero-order valence-corrected chi connectivity index (χ0v) is 28.1. The van der Waals surface area contributed by atoms with E-state index in [1.54, 1.807) is 0 Å². The smallest absolute Gasteiger partial charge is 0.334 e. The highest BCUT2D eigenvalue weighted by atomic mass is 16.5. The molecular weight excluding hydrogens is 556 g/mol. The zero-order valence-electron chi connectivity index (χ0n) is 28.1. The van der Waals surface area contributed by atoms with Crippen LogP contribution in [0.4, 0.5) is 0 Å². The van der Waals surface area contributed by atoms with Crippen molar-refractivity contribution < 1.29 is 34.3 Å². The third kappa shape index (κ3) is 14.2. The molecule has 0 aromatic heterocycles. The lowest BCUT2D eigenvalue weighted by molar-refractivity contribution is -0.139. The number of carbonyl (C=O) groups excluding carboxylic acids is 1. The van der Waals surface area contributed by atoms with Gasteiger partial charge in [-0.3, -0.25) is 0 Å². The molecule has 0 unspecified atom stereocenters. The van der Waals surface area contributed by atoms with Crippen LogP contribution in [0.1, 0.15) is 168 Å². The second-order valence-corrected chi connectivity index (χ2v) is 14.0. The number of cyclic esters (lactones) is 1. The van der Waals surface area contributed by atoms with Gasteiger partial charge in [0.15, 0.2) is 0 Å². The summed E-state index contributed by atoms with van der Waals surface area (Å²) < 4.78 is 17.4. The summed E-state index contributed by atoms with van der Waals surface area (Å²) in [6.45, 7) is 4.15. The van der Waals surface area contributed by atoms with Gasteiger partial charge in [0, 0.05) is 5.57 Å². The van der Waals surface area contributed by atoms with E-state index in [2.05, 4.69) is 6.92 Å². The zero-order chi connectivity index (χ0) is 31.6. The number of esters is 1. The van der Waals surface area contributed by atoms with Crippen molar-refractivity contribution in [2.75, 3.05) is 0 Å². The summed E-state index contributed by atoms with van der Waals surface area (Å²) in [5.74, 6) is -0.133. The molecule has 44 heavy (non-hydrogen) atoms. The Balaban J connectivity index is 1.15. The van der Waals surface area contributed by atoms with Crippen LogP contribution in [0, 0.1) is 0 Å². The van der Waals surface area contributed by atoms with Crippen molar-refractivity contribution in [2.45, 2.75) is 217 Å². The minimum Gasteiger partial charge on any atom is -0.455 e. The number of hydrogen-bond acceptors (Lipinski definition) is 7. The van der Waals surface area contributed by atoms with Gasteiger partial charge < -0.3 is 29.5 Å². The van der Waals surface area contributed by atoms with E-state index in [0.29, 0.717) is 12.8 Å². The van der Waals surface area contributed by atoms with Crippen molar-refractivity contribution in [1.82, 2.24) is 0 Å². The number of rotatable bonds is 25. The van der Waals surface area contributed by atoms with Crippen LogP contribution >= 0.6 is 0 Å². The number of ether oxygens (including phenoxy) is 3. The van der Waals surface area contributed by atoms with Gasteiger partial charge in [-0.1, -0.05) is 96.8 Å². The molecule has 0 radical (unpaired) electrons. The molecule has 256 valence electrons. The molecule has 3 N–H and O–H groups in total. The third-order valence-corrected chi connectivity index (χ3v) is 10.1. The Labute approximate surface area is 268 Å². The molecular formula is C37H66O7. The lowest BCUT2D eigenvalue weighted by Crippen LogP contribution is -2.33. The summed E-state index contributed by atoms with van der Waals surface area (Å²) in [6.07, 6.45) is 25.4. The van der Waals surface area contributed by atoms with E-state index in [1.807, 2.05) is 13.0 Å². The molecule has 0 saturated carbocycles. The SMILES string of the molecule is CCCCCCCCCC[C@H](O)[C@H]1CC[C@H]([C@H](O)CC[C@H](O)[C@@H]2CC[C@H](CCCCCCCCCC3=C[C@H](C)OC3=O)O2)O1. The minimum atomic E-state index is -0.609. The van der Waals surface area contributed by atoms with Gasteiger partial charge in [-0.05, 0) is 77.2 Å². The standard InChI is InChI=1S/C37H66O7/c1-3-4-5-6-7-11-14-17-20-31(38)35-25-26-36(44-35)33(40)23-22-32(39)34-24-21-30(43-34)19-16-13-10-8-9-12-15-18-29-27-28(2)42-37(29)41/h27-28,30-36,38-40H,3-26H2,1-2H3/t28-,30-,31-,32-,33+,34-,35+,36+/m0/s1. The fourth-order valence-corrected chi connectivity index (χ4v) is 7.26. The maximum Gasteiger partial charge on any atom is 0.334 e. The van der Waals surface area contributed by atoms with Crippen molar-refractivity contribution >= 4 is 5.97 Å². The van der Waals surface area contributed by atoms with Crippen LogP contribution in [0.3, 0.4) is 0 Å². The van der Waals surface area contributed by atoms with Crippen LogP contribution in [0.25, 0.3) is 0 Å². The van der Waals surface area contributed by atoms with E-state index < -0.39 is 18.3 Å². The van der Waals surface area contributed by atoms with Crippen LogP contribution < -0.4 is 0 Å². The quantitative estimate of drug-likeness (QED) is 0.0703. The molecule has 0 amide bonds. The summed E-state index contributed by atoms with van der Waals surface area (Å²) in [5.41, 5.74) is 0.852. The Morgan fingerprint density at radius 3 is 1.75 bits per heavy atom. The average molecular weight is 623 g/mol. The highest BCUT2D eigenvalue weighted by Crippen LogP contribution is 2.31. The maximum atomic E-state index is 11.7. The Morgan fingerprint density at radius 1 is 0.659 bits per heavy atom. The molecule has 0 spiro atoms. The molecule has 8 atom stereocenters. The van der Waals surface area contributed by atoms with Crippen molar-refractivity contribution in [1.29, 1.82) is 0 Å². The van der Waals surface area contributed by atoms with Gasteiger partial charge in [0.2, 0.25) is 0 Å². The molecule has 3 heterocycles. The van der Waals surface area contributed by atoms with Gasteiger partial charge in [0.05, 0.1) is 42.7 Å². The molecule has 3 aliphatic heterocycles. The topological polar surface area (TPSA) is 105 Å². The Hall–Kier alpha value is -0.990. The third-order valence-electron chi connectivity index (χ3n) is 10.1. The van der Waals surface area contributed by atoms with Crippen LogP contribution in [-0.4, -0.2) is 70.1 Å². The molecule has 3 rings (SSSR count). The number of aliphatic hydroxyl groups is 3. The van der Waals surface area contributed by atoms with Gasteiger partial charge in [-0.15, -0.1) is 0 Å². The largest absolute Gasteiger partial charge is 0.455 e. The number of carbonyl (C=O) groups is 1. The molecule has 0 aliphatic carbocycles. The van der Waals surface area contributed by atoms with Gasteiger partial charge >= 0.3 is 5.97 Å². The highest BCUT2D eigenvalue weighted by molar-refractivity contribution is 5.90. The van der Waals surface area contributed by atoms with Gasteiger partial charge in [0.1, 0.15) is 6.10 Å². The summed E-state index contributed by atoms with van der Waals surface area (Å²) in [7, 11) is 0. The summed E-state index contributed by atoms with van der Waals surface area (Å²) in [4.78, 5) is 11.7. The Morgan fingerprint density at radius 2 is 1.16 bits per heavy atom. The molecule has 0 bridgehead atoms. The van der Waals surface area contributed by atoms with Crippen LogP contribution in [0.5, 0.6) is 0 Å². The van der Waals surface area contributed by atoms with Gasteiger partial charge in [-0.25, -0.2) is 4.79 Å². The van der Waals surface area contributed by atoms with E-state index in [0.717, 1.165) is 76.2 Å². The van der Waals surface area contributed by atoms with E-state index >= 15 is 0 Å². The number of aliphatic hydroxyl groups excluding tert-OH is 3. The first-order valence-corrected chi connectivity index (χ1v) is 18.6. The number of unbranched alkanes of at least 4 members (excludes halogenated alkanes) is 13. The molecule has 2 saturated heterocycles. The molecule has 0 aromatic rings. The number of hydrogen-bond donors (Lipinski definition) is 3. The van der Waals surface area contributed by atoms with Crippen LogP contribution in [0.15, 0.2) is 11.6 Å². The first-order chi connectivity index (χ1) is 21.4. The molecule has 7 heteroatoms. The normalized spacial score (nSPS) is 27.4. The van der Waals surface area contributed by atoms with Crippen LogP contribution in [0.2, 0.25) is 0 Å². The summed E-state index contributed by atoms with van der Waals surface area (Å²) >= 11 is 0. The predicted molar refractivity (Wildman–Crippen MR) is 175 cm³/mol. The predicted octanol–water partition coefficient (Wildman–Crippen LogP) is 7.86. The molecule has 3 aliphatic rings. The lowest BCUT2D eigenvalue weighted by Gasteiger charge is -2.24. The van der Waals surface area contributed by atoms with E-state index in [-0.39, 0.29) is 36.5 Å². The van der Waals surface area contributed by atoms with Gasteiger partial charge in [-0.2, -0.15) is 0 Å². The monoisotopic (exact) mass is 622 g/mol. The maximum absolute atomic E-state index is 11.7. The Kier molecular flexibility index (Phi) is 18.5. The average Bonchev–Trinajstić information content (AvgIpc) is 3.76. The lowest BCUT2D eigenvalue weighted by atomic mass is 9.98. The van der Waals surface area contributed by atoms with E-state index in [4.69, 9.17) is 14.2 Å². The van der Waals surface area contributed by atoms with Crippen molar-refractivity contribution in [2.24, 2.45) is 0 Å². The Bertz CT molecular complexity index is 801. The first kappa shape index (κ1) is 37.5. The first-order valence-electron chi connectivity index (χ1n) is 18.6. The molecule has 7 nitrogen and oxygen atoms in total. The van der Waals surface area contributed by atoms with E-state index in [1.165, 1.54) is 70.6 Å². The van der Waals surface area contributed by atoms with Crippen molar-refractivity contribution in [3.63, 3.8) is 0 Å².